The summed E-state index contributed by atoms with van der Waals surface area (Å²) >= 11 is 1.47. The Morgan fingerprint density at radius 3 is 2.58 bits per heavy atom. The zero-order chi connectivity index (χ0) is 21.6. The number of thiazole rings is 1. The highest BCUT2D eigenvalue weighted by molar-refractivity contribution is 7.19. The molecule has 0 amide bonds. The highest BCUT2D eigenvalue weighted by Gasteiger charge is 2.14. The molecular weight excluding hydrogens is 408 g/mol. The van der Waals surface area contributed by atoms with E-state index < -0.39 is 5.97 Å². The van der Waals surface area contributed by atoms with Gasteiger partial charge in [0.1, 0.15) is 11.1 Å². The van der Waals surface area contributed by atoms with Gasteiger partial charge in [0, 0.05) is 0 Å². The predicted molar refractivity (Wildman–Crippen MR) is 122 cm³/mol. The zero-order valence-corrected chi connectivity index (χ0v) is 17.6. The lowest BCUT2D eigenvalue weighted by molar-refractivity contribution is 0.0728. The molecule has 0 atom stereocenters. The topological polar surface area (TPSA) is 72.2 Å². The lowest BCUT2D eigenvalue weighted by atomic mass is 10.1. The number of aromatic nitrogens is 1. The number of carbonyl (C=O) groups is 1. The molecule has 31 heavy (non-hydrogen) atoms. The van der Waals surface area contributed by atoms with Crippen molar-refractivity contribution >= 4 is 39.2 Å². The molecule has 4 rings (SSSR count). The van der Waals surface area contributed by atoms with E-state index in [0.29, 0.717) is 34.3 Å². The Bertz CT molecular complexity index is 1270. The van der Waals surface area contributed by atoms with E-state index in [4.69, 9.17) is 9.47 Å². The van der Waals surface area contributed by atoms with Crippen LogP contribution < -0.4 is 9.47 Å². The maximum absolute atomic E-state index is 12.4. The van der Waals surface area contributed by atoms with E-state index in [1.54, 1.807) is 48.5 Å². The second kappa shape index (κ2) is 9.24. The largest absolute Gasteiger partial charge is 0.490 e. The van der Waals surface area contributed by atoms with Crippen molar-refractivity contribution in [3.05, 3.63) is 88.9 Å². The van der Waals surface area contributed by atoms with E-state index in [9.17, 15) is 10.1 Å². The van der Waals surface area contributed by atoms with Crippen LogP contribution in [0.5, 0.6) is 11.5 Å². The fourth-order valence-electron chi connectivity index (χ4n) is 3.00. The maximum Gasteiger partial charge on any atom is 0.343 e. The Balaban J connectivity index is 1.64. The normalized spacial score (nSPS) is 11.2. The first kappa shape index (κ1) is 20.3. The first-order valence-electron chi connectivity index (χ1n) is 9.69. The van der Waals surface area contributed by atoms with Crippen LogP contribution in [-0.2, 0) is 0 Å². The number of fused-ring (bicyclic) bond motifs is 1. The van der Waals surface area contributed by atoms with Gasteiger partial charge >= 0.3 is 5.97 Å². The molecule has 4 aromatic rings. The number of esters is 1. The van der Waals surface area contributed by atoms with Gasteiger partial charge in [0.15, 0.2) is 11.5 Å². The summed E-state index contributed by atoms with van der Waals surface area (Å²) < 4.78 is 12.2. The predicted octanol–water partition coefficient (Wildman–Crippen LogP) is 5.98. The van der Waals surface area contributed by atoms with Crippen molar-refractivity contribution < 1.29 is 14.3 Å². The van der Waals surface area contributed by atoms with Gasteiger partial charge in [-0.15, -0.1) is 11.3 Å². The van der Waals surface area contributed by atoms with Crippen LogP contribution in [0.4, 0.5) is 0 Å². The van der Waals surface area contributed by atoms with E-state index in [2.05, 4.69) is 11.1 Å². The van der Waals surface area contributed by atoms with Gasteiger partial charge < -0.3 is 9.47 Å². The lowest BCUT2D eigenvalue weighted by Gasteiger charge is -2.11. The molecule has 3 aromatic carbocycles. The third kappa shape index (κ3) is 4.63. The summed E-state index contributed by atoms with van der Waals surface area (Å²) in [6, 6.07) is 24.0. The SMILES string of the molecule is CCOc1cc(C=C(C#N)c2nc3ccccc3s2)ccc1OC(=O)c1ccccc1. The summed E-state index contributed by atoms with van der Waals surface area (Å²) in [6.45, 7) is 2.26. The molecule has 1 heterocycles. The number of rotatable bonds is 6. The molecule has 0 saturated heterocycles. The summed E-state index contributed by atoms with van der Waals surface area (Å²) in [5.74, 6) is 0.297. The number of benzene rings is 3. The Hall–Kier alpha value is -3.95. The summed E-state index contributed by atoms with van der Waals surface area (Å²) in [5.41, 5.74) is 2.52. The molecule has 0 bridgehead atoms. The van der Waals surface area contributed by atoms with Crippen LogP contribution in [0.3, 0.4) is 0 Å². The third-order valence-corrected chi connectivity index (χ3v) is 5.51. The van der Waals surface area contributed by atoms with Crippen molar-refractivity contribution in [3.8, 4) is 17.6 Å². The molecule has 152 valence electrons. The van der Waals surface area contributed by atoms with Crippen molar-refractivity contribution in [2.24, 2.45) is 0 Å². The number of ether oxygens (including phenoxy) is 2. The van der Waals surface area contributed by atoms with E-state index in [1.165, 1.54) is 11.3 Å². The number of para-hydroxylation sites is 1. The summed E-state index contributed by atoms with van der Waals surface area (Å²) in [5, 5.41) is 10.3. The number of carbonyl (C=O) groups excluding carboxylic acids is 1. The minimum atomic E-state index is -0.461. The summed E-state index contributed by atoms with van der Waals surface area (Å²) in [4.78, 5) is 17.0. The highest BCUT2D eigenvalue weighted by atomic mass is 32.1. The van der Waals surface area contributed by atoms with E-state index in [-0.39, 0.29) is 0 Å². The van der Waals surface area contributed by atoms with Gasteiger partial charge in [0.2, 0.25) is 0 Å². The number of allylic oxidation sites excluding steroid dienone is 1. The monoisotopic (exact) mass is 426 g/mol. The lowest BCUT2D eigenvalue weighted by Crippen LogP contribution is -2.09. The van der Waals surface area contributed by atoms with Crippen LogP contribution in [0.15, 0.2) is 72.8 Å². The molecule has 0 aliphatic rings. The molecule has 0 aliphatic carbocycles. The van der Waals surface area contributed by atoms with Crippen LogP contribution in [-0.4, -0.2) is 17.6 Å². The molecule has 0 unspecified atom stereocenters. The smallest absolute Gasteiger partial charge is 0.343 e. The van der Waals surface area contributed by atoms with Crippen LogP contribution in [0.1, 0.15) is 27.9 Å². The Labute approximate surface area is 183 Å². The maximum atomic E-state index is 12.4. The number of nitrogens with zero attached hydrogens (tertiary/aromatic N) is 2. The molecule has 1 aromatic heterocycles. The molecule has 0 fully saturated rings. The fraction of sp³-hybridized carbons (Fsp3) is 0.0800. The molecule has 6 heteroatoms. The summed E-state index contributed by atoms with van der Waals surface area (Å²) in [7, 11) is 0. The van der Waals surface area contributed by atoms with Crippen molar-refractivity contribution in [3.63, 3.8) is 0 Å². The second-order valence-electron chi connectivity index (χ2n) is 6.55. The molecule has 0 saturated carbocycles. The van der Waals surface area contributed by atoms with Gasteiger partial charge in [0.05, 0.1) is 28.0 Å². The standard InChI is InChI=1S/C25H18N2O3S/c1-2-29-22-15-17(12-13-21(22)30-25(28)18-8-4-3-5-9-18)14-19(16-26)24-27-20-10-6-7-11-23(20)31-24/h3-15H,2H2,1H3. The minimum absolute atomic E-state index is 0.325. The van der Waals surface area contributed by atoms with Crippen molar-refractivity contribution in [1.82, 2.24) is 4.98 Å². The molecule has 0 N–H and O–H groups in total. The van der Waals surface area contributed by atoms with Crippen LogP contribution in [0.25, 0.3) is 21.9 Å². The van der Waals surface area contributed by atoms with Gasteiger partial charge in [-0.25, -0.2) is 9.78 Å². The Morgan fingerprint density at radius 2 is 1.84 bits per heavy atom. The van der Waals surface area contributed by atoms with Crippen molar-refractivity contribution in [2.45, 2.75) is 6.92 Å². The molecule has 0 radical (unpaired) electrons. The minimum Gasteiger partial charge on any atom is -0.490 e. The average molecular weight is 426 g/mol. The van der Waals surface area contributed by atoms with E-state index in [1.807, 2.05) is 37.3 Å². The quantitative estimate of drug-likeness (QED) is 0.215. The van der Waals surface area contributed by atoms with E-state index in [0.717, 1.165) is 15.8 Å². The first-order chi connectivity index (χ1) is 15.2. The highest BCUT2D eigenvalue weighted by Crippen LogP contribution is 2.32. The Kier molecular flexibility index (Phi) is 6.06. The van der Waals surface area contributed by atoms with Crippen LogP contribution in [0, 0.1) is 11.3 Å². The van der Waals surface area contributed by atoms with Gasteiger partial charge in [-0.3, -0.25) is 0 Å². The zero-order valence-electron chi connectivity index (χ0n) is 16.7. The average Bonchev–Trinajstić information content (AvgIpc) is 3.24. The first-order valence-corrected chi connectivity index (χ1v) is 10.5. The van der Waals surface area contributed by atoms with Gasteiger partial charge in [-0.1, -0.05) is 36.4 Å². The second-order valence-corrected chi connectivity index (χ2v) is 7.58. The van der Waals surface area contributed by atoms with Crippen molar-refractivity contribution in [2.75, 3.05) is 6.61 Å². The molecule has 0 aliphatic heterocycles. The van der Waals surface area contributed by atoms with Gasteiger partial charge in [-0.05, 0) is 55.0 Å². The van der Waals surface area contributed by atoms with Crippen LogP contribution in [0.2, 0.25) is 0 Å². The number of hydrogen-bond acceptors (Lipinski definition) is 6. The van der Waals surface area contributed by atoms with Gasteiger partial charge in [0.25, 0.3) is 0 Å². The Morgan fingerprint density at radius 1 is 1.06 bits per heavy atom. The molecular formula is C25H18N2O3S. The van der Waals surface area contributed by atoms with Crippen molar-refractivity contribution in [1.29, 1.82) is 5.26 Å². The van der Waals surface area contributed by atoms with E-state index >= 15 is 0 Å². The molecule has 0 spiro atoms. The van der Waals surface area contributed by atoms with Gasteiger partial charge in [-0.2, -0.15) is 5.26 Å². The fourth-order valence-corrected chi connectivity index (χ4v) is 3.93. The number of hydrogen-bond donors (Lipinski definition) is 0. The summed E-state index contributed by atoms with van der Waals surface area (Å²) in [6.07, 6.45) is 1.75. The number of nitriles is 1. The third-order valence-electron chi connectivity index (χ3n) is 4.44. The van der Waals surface area contributed by atoms with Crippen LogP contribution >= 0.6 is 11.3 Å². The molecule has 5 nitrogen and oxygen atoms in total.